The number of benzene rings is 1. The van der Waals surface area contributed by atoms with Crippen molar-refractivity contribution in [1.29, 1.82) is 0 Å². The topological polar surface area (TPSA) is 3.24 Å². The smallest absolute Gasteiger partial charge is 0.123 e. The first-order valence-corrected chi connectivity index (χ1v) is 6.79. The van der Waals surface area contributed by atoms with E-state index in [2.05, 4.69) is 31.5 Å². The van der Waals surface area contributed by atoms with Crippen LogP contribution in [0.5, 0.6) is 0 Å². The van der Waals surface area contributed by atoms with Crippen molar-refractivity contribution in [2.75, 3.05) is 19.3 Å². The van der Waals surface area contributed by atoms with Crippen LogP contribution in [0.4, 0.5) is 4.39 Å². The molecule has 0 amide bonds. The predicted molar refractivity (Wildman–Crippen MR) is 75.0 cm³/mol. The van der Waals surface area contributed by atoms with Crippen LogP contribution >= 0.6 is 12.6 Å². The van der Waals surface area contributed by atoms with E-state index in [1.54, 1.807) is 0 Å². The first-order valence-electron chi connectivity index (χ1n) is 6.15. The molecule has 1 nitrogen and oxygen atoms in total. The van der Waals surface area contributed by atoms with Gasteiger partial charge in [0.2, 0.25) is 0 Å². The Bertz CT molecular complexity index is 313. The van der Waals surface area contributed by atoms with Crippen LogP contribution in [-0.4, -0.2) is 24.2 Å². The van der Waals surface area contributed by atoms with E-state index in [4.69, 9.17) is 0 Å². The molecule has 0 aliphatic heterocycles. The number of thiol groups is 1. The molecule has 96 valence electrons. The summed E-state index contributed by atoms with van der Waals surface area (Å²) in [6, 6.07) is 6.74. The third kappa shape index (κ3) is 6.08. The monoisotopic (exact) mass is 255 g/mol. The van der Waals surface area contributed by atoms with E-state index in [9.17, 15) is 4.39 Å². The molecule has 0 bridgehead atoms. The largest absolute Gasteiger partial charge is 0.302 e. The lowest BCUT2D eigenvalue weighted by Gasteiger charge is -2.19. The summed E-state index contributed by atoms with van der Waals surface area (Å²) >= 11 is 4.25. The molecule has 0 spiro atoms. The van der Waals surface area contributed by atoms with Gasteiger partial charge in [-0.15, -0.1) is 0 Å². The lowest BCUT2D eigenvalue weighted by Crippen LogP contribution is -2.20. The van der Waals surface area contributed by atoms with Gasteiger partial charge in [0.1, 0.15) is 5.82 Å². The van der Waals surface area contributed by atoms with E-state index >= 15 is 0 Å². The Morgan fingerprint density at radius 1 is 1.24 bits per heavy atom. The van der Waals surface area contributed by atoms with E-state index in [0.29, 0.717) is 0 Å². The molecule has 0 saturated heterocycles. The van der Waals surface area contributed by atoms with Crippen LogP contribution in [0.3, 0.4) is 0 Å². The van der Waals surface area contributed by atoms with Gasteiger partial charge in [-0.3, -0.25) is 0 Å². The van der Waals surface area contributed by atoms with Gasteiger partial charge >= 0.3 is 0 Å². The van der Waals surface area contributed by atoms with Gasteiger partial charge in [-0.25, -0.2) is 4.39 Å². The van der Waals surface area contributed by atoms with Crippen molar-refractivity contribution in [3.05, 3.63) is 35.6 Å². The highest BCUT2D eigenvalue weighted by atomic mass is 32.1. The highest BCUT2D eigenvalue weighted by Gasteiger charge is 2.04. The SMILES string of the molecule is CC(CCS)CCN(C)Cc1ccc(F)cc1. The molecule has 0 aromatic heterocycles. The second-order valence-electron chi connectivity index (χ2n) is 4.77. The van der Waals surface area contributed by atoms with Crippen LogP contribution < -0.4 is 0 Å². The summed E-state index contributed by atoms with van der Waals surface area (Å²) in [5, 5.41) is 0. The van der Waals surface area contributed by atoms with E-state index in [0.717, 1.165) is 30.3 Å². The van der Waals surface area contributed by atoms with Crippen LogP contribution in [0, 0.1) is 11.7 Å². The van der Waals surface area contributed by atoms with E-state index in [-0.39, 0.29) is 5.82 Å². The molecule has 1 rings (SSSR count). The zero-order valence-electron chi connectivity index (χ0n) is 10.7. The number of hydrogen-bond donors (Lipinski definition) is 1. The van der Waals surface area contributed by atoms with E-state index in [1.165, 1.54) is 25.0 Å². The summed E-state index contributed by atoms with van der Waals surface area (Å²) in [5.41, 5.74) is 1.16. The minimum Gasteiger partial charge on any atom is -0.302 e. The normalized spacial score (nSPS) is 13.0. The molecule has 0 N–H and O–H groups in total. The maximum Gasteiger partial charge on any atom is 0.123 e. The average Bonchev–Trinajstić information content (AvgIpc) is 2.30. The Balaban J connectivity index is 2.29. The van der Waals surface area contributed by atoms with Crippen molar-refractivity contribution in [3.8, 4) is 0 Å². The molecule has 0 heterocycles. The van der Waals surface area contributed by atoms with Crippen LogP contribution in [0.25, 0.3) is 0 Å². The number of nitrogens with zero attached hydrogens (tertiary/aromatic N) is 1. The van der Waals surface area contributed by atoms with Crippen molar-refractivity contribution in [2.45, 2.75) is 26.3 Å². The molecule has 0 radical (unpaired) electrons. The van der Waals surface area contributed by atoms with Crippen LogP contribution in [0.2, 0.25) is 0 Å². The molecule has 1 aromatic carbocycles. The molecular formula is C14H22FNS. The average molecular weight is 255 g/mol. The summed E-state index contributed by atoms with van der Waals surface area (Å²) in [7, 11) is 2.11. The molecule has 1 unspecified atom stereocenters. The van der Waals surface area contributed by atoms with Crippen molar-refractivity contribution < 1.29 is 4.39 Å². The highest BCUT2D eigenvalue weighted by molar-refractivity contribution is 7.80. The van der Waals surface area contributed by atoms with Crippen LogP contribution in [-0.2, 0) is 6.54 Å². The Morgan fingerprint density at radius 2 is 1.88 bits per heavy atom. The lowest BCUT2D eigenvalue weighted by atomic mass is 10.0. The minimum absolute atomic E-state index is 0.168. The highest BCUT2D eigenvalue weighted by Crippen LogP contribution is 2.11. The zero-order chi connectivity index (χ0) is 12.7. The summed E-state index contributed by atoms with van der Waals surface area (Å²) in [5.74, 6) is 1.52. The molecule has 1 aromatic rings. The van der Waals surface area contributed by atoms with Gasteiger partial charge in [0, 0.05) is 6.54 Å². The van der Waals surface area contributed by atoms with E-state index < -0.39 is 0 Å². The third-order valence-electron chi connectivity index (χ3n) is 2.99. The van der Waals surface area contributed by atoms with Gasteiger partial charge in [0.25, 0.3) is 0 Å². The molecule has 0 fully saturated rings. The maximum absolute atomic E-state index is 12.7. The maximum atomic E-state index is 12.7. The van der Waals surface area contributed by atoms with Gasteiger partial charge in [-0.05, 0) is 55.8 Å². The quantitative estimate of drug-likeness (QED) is 0.729. The number of rotatable bonds is 7. The Morgan fingerprint density at radius 3 is 2.47 bits per heavy atom. The zero-order valence-corrected chi connectivity index (χ0v) is 11.6. The van der Waals surface area contributed by atoms with Gasteiger partial charge in [0.05, 0.1) is 0 Å². The second-order valence-corrected chi connectivity index (χ2v) is 5.22. The number of halogens is 1. The Kier molecular flexibility index (Phi) is 6.60. The fraction of sp³-hybridized carbons (Fsp3) is 0.571. The second kappa shape index (κ2) is 7.72. The van der Waals surface area contributed by atoms with E-state index in [1.807, 2.05) is 12.1 Å². The molecule has 0 aliphatic carbocycles. The van der Waals surface area contributed by atoms with Crippen molar-refractivity contribution >= 4 is 12.6 Å². The summed E-state index contributed by atoms with van der Waals surface area (Å²) in [6.07, 6.45) is 2.37. The summed E-state index contributed by atoms with van der Waals surface area (Å²) < 4.78 is 12.7. The first kappa shape index (κ1) is 14.5. The molecule has 0 aliphatic rings. The predicted octanol–water partition coefficient (Wildman–Crippen LogP) is 3.60. The summed E-state index contributed by atoms with van der Waals surface area (Å²) in [6.45, 7) is 4.22. The first-order chi connectivity index (χ1) is 8.11. The fourth-order valence-electron chi connectivity index (χ4n) is 1.79. The van der Waals surface area contributed by atoms with Gasteiger partial charge in [-0.1, -0.05) is 19.1 Å². The number of hydrogen-bond acceptors (Lipinski definition) is 2. The molecule has 3 heteroatoms. The van der Waals surface area contributed by atoms with Gasteiger partial charge < -0.3 is 4.90 Å². The molecule has 17 heavy (non-hydrogen) atoms. The summed E-state index contributed by atoms with van der Waals surface area (Å²) in [4.78, 5) is 2.28. The minimum atomic E-state index is -0.168. The van der Waals surface area contributed by atoms with Crippen molar-refractivity contribution in [2.24, 2.45) is 5.92 Å². The Hall–Kier alpha value is -0.540. The Labute approximate surface area is 109 Å². The lowest BCUT2D eigenvalue weighted by molar-refractivity contribution is 0.296. The molecule has 1 atom stereocenters. The molecular weight excluding hydrogens is 233 g/mol. The molecule has 0 saturated carbocycles. The van der Waals surface area contributed by atoms with Crippen LogP contribution in [0.15, 0.2) is 24.3 Å². The van der Waals surface area contributed by atoms with Crippen molar-refractivity contribution in [1.82, 2.24) is 4.90 Å². The standard InChI is InChI=1S/C14H22FNS/c1-12(8-10-17)7-9-16(2)11-13-3-5-14(15)6-4-13/h3-6,12,17H,7-11H2,1-2H3. The van der Waals surface area contributed by atoms with Gasteiger partial charge in [-0.2, -0.15) is 12.6 Å². The fourth-order valence-corrected chi connectivity index (χ4v) is 2.23. The third-order valence-corrected chi connectivity index (χ3v) is 3.25. The van der Waals surface area contributed by atoms with Crippen molar-refractivity contribution in [3.63, 3.8) is 0 Å². The van der Waals surface area contributed by atoms with Crippen LogP contribution in [0.1, 0.15) is 25.3 Å². The van der Waals surface area contributed by atoms with Gasteiger partial charge in [0.15, 0.2) is 0 Å².